The Labute approximate surface area is 242 Å². The third-order valence-corrected chi connectivity index (χ3v) is 5.01. The molecule has 0 aromatic heterocycles. The number of rotatable bonds is 13. The zero-order valence-corrected chi connectivity index (χ0v) is 23.0. The van der Waals surface area contributed by atoms with E-state index in [1.807, 2.05) is 24.3 Å². The van der Waals surface area contributed by atoms with Gasteiger partial charge in [-0.3, -0.25) is 4.79 Å². The maximum absolute atomic E-state index is 10.2. The first kappa shape index (κ1) is 39.4. The maximum Gasteiger partial charge on any atom is 0.314 e. The molecule has 2 rings (SSSR count). The number of nitrogens with zero attached hydrogens (tertiary/aromatic N) is 4. The first-order chi connectivity index (χ1) is 20.2. The summed E-state index contributed by atoms with van der Waals surface area (Å²) in [5, 5.41) is 39.4. The topological polar surface area (TPSA) is 236 Å². The molecule has 0 spiro atoms. The van der Waals surface area contributed by atoms with Crippen molar-refractivity contribution in [2.75, 3.05) is 33.1 Å². The monoisotopic (exact) mass is 586 g/mol. The first-order valence-electron chi connectivity index (χ1n) is 12.3. The summed E-state index contributed by atoms with van der Waals surface area (Å²) in [5.74, 6) is -1.19. The van der Waals surface area contributed by atoms with Crippen LogP contribution in [0.15, 0.2) is 68.5 Å². The predicted octanol–water partition coefficient (Wildman–Crippen LogP) is 2.03. The van der Waals surface area contributed by atoms with Gasteiger partial charge in [-0.25, -0.2) is 29.2 Å². The van der Waals surface area contributed by atoms with Crippen LogP contribution in [0.3, 0.4) is 0 Å². The van der Waals surface area contributed by atoms with Gasteiger partial charge in [0.15, 0.2) is 0 Å². The number of carboxylic acid groups (broad SMARTS) is 1. The predicted molar refractivity (Wildman–Crippen MR) is 150 cm³/mol. The van der Waals surface area contributed by atoms with Gasteiger partial charge in [0.2, 0.25) is 24.3 Å². The summed E-state index contributed by atoms with van der Waals surface area (Å²) in [7, 11) is 0. The van der Waals surface area contributed by atoms with Crippen molar-refractivity contribution in [2.45, 2.75) is 32.6 Å². The number of aliphatic hydroxyl groups excluding tert-OH is 3. The third-order valence-electron chi connectivity index (χ3n) is 5.01. The van der Waals surface area contributed by atoms with Crippen LogP contribution in [0, 0.1) is 5.41 Å². The molecule has 0 saturated carbocycles. The Morgan fingerprint density at radius 3 is 1.26 bits per heavy atom. The van der Waals surface area contributed by atoms with E-state index in [1.165, 1.54) is 31.2 Å². The minimum Gasteiger partial charge on any atom is -0.481 e. The van der Waals surface area contributed by atoms with Gasteiger partial charge in [-0.2, -0.15) is 9.98 Å². The van der Waals surface area contributed by atoms with Crippen molar-refractivity contribution in [3.63, 3.8) is 0 Å². The Kier molecular flexibility index (Phi) is 24.9. The Morgan fingerprint density at radius 1 is 0.667 bits per heavy atom. The molecule has 0 atom stereocenters. The highest BCUT2D eigenvalue weighted by atomic mass is 16.5. The molecule has 0 aliphatic rings. The first-order valence-corrected chi connectivity index (χ1v) is 12.3. The van der Waals surface area contributed by atoms with E-state index in [1.54, 1.807) is 24.3 Å². The number of carbonyl (C=O) groups excluding carboxylic acids is 4. The summed E-state index contributed by atoms with van der Waals surface area (Å²) in [6, 6.07) is 14.7. The highest BCUT2D eigenvalue weighted by molar-refractivity contribution is 5.74. The highest BCUT2D eigenvalue weighted by Gasteiger charge is 2.31. The number of unbranched alkanes of at least 4 members (excludes halogenated alkanes) is 2. The number of hydrogen-bond acceptors (Lipinski definition) is 13. The van der Waals surface area contributed by atoms with E-state index < -0.39 is 31.4 Å². The molecule has 5 N–H and O–H groups in total. The quantitative estimate of drug-likeness (QED) is 0.0990. The molecule has 0 saturated heterocycles. The second-order valence-corrected chi connectivity index (χ2v) is 8.25. The van der Waals surface area contributed by atoms with E-state index in [0.29, 0.717) is 24.5 Å². The lowest BCUT2D eigenvalue weighted by atomic mass is 9.94. The summed E-state index contributed by atoms with van der Waals surface area (Å²) in [6.45, 7) is 0.482. The smallest absolute Gasteiger partial charge is 0.314 e. The van der Waals surface area contributed by atoms with Crippen molar-refractivity contribution in [2.24, 2.45) is 25.4 Å². The van der Waals surface area contributed by atoms with Crippen LogP contribution in [-0.2, 0) is 30.4 Å². The van der Waals surface area contributed by atoms with Gasteiger partial charge in [0, 0.05) is 0 Å². The Morgan fingerprint density at radius 2 is 1.02 bits per heavy atom. The fraction of sp³-hybridized carbons (Fsp3) is 0.393. The lowest BCUT2D eigenvalue weighted by Crippen LogP contribution is -2.35. The van der Waals surface area contributed by atoms with E-state index >= 15 is 0 Å². The van der Waals surface area contributed by atoms with Crippen LogP contribution in [0.4, 0.5) is 11.4 Å². The molecule has 14 heteroatoms. The molecule has 2 aromatic rings. The van der Waals surface area contributed by atoms with Crippen molar-refractivity contribution in [3.05, 3.63) is 59.7 Å². The van der Waals surface area contributed by atoms with Gasteiger partial charge >= 0.3 is 5.97 Å². The number of carbonyl (C=O) groups is 1. The summed E-state index contributed by atoms with van der Waals surface area (Å²) in [4.78, 5) is 63.4. The summed E-state index contributed by atoms with van der Waals surface area (Å²) >= 11 is 0. The van der Waals surface area contributed by atoms with Crippen molar-refractivity contribution < 1.29 is 49.5 Å². The summed E-state index contributed by atoms with van der Waals surface area (Å²) in [5.41, 5.74) is 2.01. The Balaban J connectivity index is 0. The fourth-order valence-corrected chi connectivity index (χ4v) is 2.55. The highest BCUT2D eigenvalue weighted by Crippen LogP contribution is 2.18. The van der Waals surface area contributed by atoms with Crippen molar-refractivity contribution in [3.8, 4) is 0 Å². The number of aliphatic hydroxyl groups is 4. The lowest BCUT2D eigenvalue weighted by Gasteiger charge is -2.17. The van der Waals surface area contributed by atoms with E-state index in [-0.39, 0.29) is 0 Å². The zero-order chi connectivity index (χ0) is 32.1. The van der Waals surface area contributed by atoms with Crippen LogP contribution >= 0.6 is 0 Å². The molecule has 14 nitrogen and oxygen atoms in total. The van der Waals surface area contributed by atoms with Gasteiger partial charge in [-0.15, -0.1) is 0 Å². The maximum atomic E-state index is 10.2. The Hall–Kier alpha value is -4.73. The molecule has 42 heavy (non-hydrogen) atoms. The summed E-state index contributed by atoms with van der Waals surface area (Å²) < 4.78 is 0. The van der Waals surface area contributed by atoms with Gasteiger partial charge in [-0.05, 0) is 68.0 Å². The van der Waals surface area contributed by atoms with Crippen molar-refractivity contribution >= 4 is 41.7 Å². The van der Waals surface area contributed by atoms with Gasteiger partial charge in [0.25, 0.3) is 0 Å². The van der Waals surface area contributed by atoms with Crippen LogP contribution in [0.5, 0.6) is 0 Å². The van der Waals surface area contributed by atoms with Crippen LogP contribution in [0.2, 0.25) is 0 Å². The average Bonchev–Trinajstić information content (AvgIpc) is 2.99. The molecule has 0 fully saturated rings. The lowest BCUT2D eigenvalue weighted by molar-refractivity contribution is -0.152. The number of aliphatic carboxylic acids is 1. The number of isocyanates is 4. The number of hydrogen-bond donors (Lipinski definition) is 5. The molecule has 2 aromatic carbocycles. The number of carboxylic acids is 1. The molecular formula is C28H34N4O10. The average molecular weight is 587 g/mol. The summed E-state index contributed by atoms with van der Waals surface area (Å²) in [6.07, 6.45) is 9.32. The SMILES string of the molecule is CC(CO)(CO)C(=O)O.O=C=NCCCCCN=C=O.O=C=Nc1ccc(Cc2ccc(N=C=O)cc2)cc1.OCO. The van der Waals surface area contributed by atoms with Gasteiger partial charge in [0.05, 0.1) is 37.7 Å². The molecule has 0 heterocycles. The van der Waals surface area contributed by atoms with Gasteiger partial charge < -0.3 is 25.5 Å². The second-order valence-electron chi connectivity index (χ2n) is 8.25. The molecule has 0 amide bonds. The van der Waals surface area contributed by atoms with Crippen LogP contribution in [-0.4, -0.2) is 88.9 Å². The van der Waals surface area contributed by atoms with Crippen LogP contribution in [0.1, 0.15) is 37.3 Å². The molecule has 0 aliphatic carbocycles. The molecule has 0 bridgehead atoms. The molecule has 0 radical (unpaired) electrons. The standard InChI is InChI=1S/C15H10N2O2.C7H10N2O2.C5H10O4.CH4O2/c18-10-16-14-5-1-12(2-6-14)9-13-3-7-15(8-4-13)17-11-19;10-6-8-4-2-1-3-5-9-7-11;1-5(2-6,3-7)4(8)9;2-1-3/h1-8H,9H2;1-5H2;6-7H,2-3H2,1H3,(H,8,9);2-3H,1H2. The van der Waals surface area contributed by atoms with Crippen LogP contribution < -0.4 is 0 Å². The van der Waals surface area contributed by atoms with E-state index in [2.05, 4.69) is 20.0 Å². The normalized spacial score (nSPS) is 9.17. The zero-order valence-electron chi connectivity index (χ0n) is 23.0. The third kappa shape index (κ3) is 20.2. The minimum absolute atomic E-state index is 0.522. The van der Waals surface area contributed by atoms with E-state index in [9.17, 15) is 24.0 Å². The number of aliphatic imine (C=N–C) groups is 4. The minimum atomic E-state index is -1.39. The van der Waals surface area contributed by atoms with Crippen molar-refractivity contribution in [1.82, 2.24) is 0 Å². The van der Waals surface area contributed by atoms with E-state index in [0.717, 1.165) is 36.8 Å². The fourth-order valence-electron chi connectivity index (χ4n) is 2.55. The molecule has 0 unspecified atom stereocenters. The van der Waals surface area contributed by atoms with Gasteiger partial charge in [0.1, 0.15) is 12.2 Å². The largest absolute Gasteiger partial charge is 0.481 e. The molecule has 0 aliphatic heterocycles. The number of benzene rings is 2. The molecule has 226 valence electrons. The second kappa shape index (κ2) is 26.5. The van der Waals surface area contributed by atoms with E-state index in [4.69, 9.17) is 25.5 Å². The van der Waals surface area contributed by atoms with Gasteiger partial charge in [-0.1, -0.05) is 24.3 Å². The van der Waals surface area contributed by atoms with Crippen LogP contribution in [0.25, 0.3) is 0 Å². The Bertz CT molecular complexity index is 1130. The molecular weight excluding hydrogens is 552 g/mol. The van der Waals surface area contributed by atoms with Crippen molar-refractivity contribution in [1.29, 1.82) is 0 Å².